The lowest BCUT2D eigenvalue weighted by molar-refractivity contribution is 0.0600. The van der Waals surface area contributed by atoms with Gasteiger partial charge in [0.1, 0.15) is 0 Å². The first-order chi connectivity index (χ1) is 17.8. The second-order valence-electron chi connectivity index (χ2n) is 7.79. The van der Waals surface area contributed by atoms with Gasteiger partial charge in [-0.3, -0.25) is 4.79 Å². The fourth-order valence-electron chi connectivity index (χ4n) is 3.52. The van der Waals surface area contributed by atoms with Crippen molar-refractivity contribution in [2.24, 2.45) is 4.99 Å². The maximum absolute atomic E-state index is 13.1. The van der Waals surface area contributed by atoms with Gasteiger partial charge in [-0.1, -0.05) is 17.4 Å². The summed E-state index contributed by atoms with van der Waals surface area (Å²) < 4.78 is 44.9. The van der Waals surface area contributed by atoms with Crippen LogP contribution in [0.3, 0.4) is 0 Å². The van der Waals surface area contributed by atoms with E-state index in [4.69, 9.17) is 14.2 Å². The molecule has 37 heavy (non-hydrogen) atoms. The van der Waals surface area contributed by atoms with Crippen LogP contribution in [0.15, 0.2) is 65.0 Å². The molecule has 3 rings (SSSR count). The Balaban J connectivity index is 1.94. The Morgan fingerprint density at radius 2 is 1.65 bits per heavy atom. The summed E-state index contributed by atoms with van der Waals surface area (Å²) in [6, 6.07) is 10.7. The van der Waals surface area contributed by atoms with Crippen molar-refractivity contribution in [3.8, 4) is 0 Å². The van der Waals surface area contributed by atoms with Crippen LogP contribution in [0.2, 0.25) is 0 Å². The zero-order valence-corrected chi connectivity index (χ0v) is 22.5. The quantitative estimate of drug-likeness (QED) is 0.253. The number of hydrogen-bond acceptors (Lipinski definition) is 8. The van der Waals surface area contributed by atoms with Crippen LogP contribution in [0.25, 0.3) is 10.2 Å². The molecule has 0 fully saturated rings. The Morgan fingerprint density at radius 1 is 1.03 bits per heavy atom. The fourth-order valence-corrected chi connectivity index (χ4v) is 6.00. The van der Waals surface area contributed by atoms with Crippen molar-refractivity contribution in [3.05, 3.63) is 71.0 Å². The minimum atomic E-state index is -3.81. The number of carbonyl (C=O) groups is 2. The third-order valence-corrected chi connectivity index (χ3v) is 8.40. The van der Waals surface area contributed by atoms with Gasteiger partial charge in [-0.2, -0.15) is 9.30 Å². The number of hydrogen-bond donors (Lipinski definition) is 0. The first-order valence-corrected chi connectivity index (χ1v) is 13.5. The molecule has 1 aromatic heterocycles. The number of amides is 1. The molecule has 2 aromatic carbocycles. The summed E-state index contributed by atoms with van der Waals surface area (Å²) in [6.07, 6.45) is 1.68. The van der Waals surface area contributed by atoms with Crippen molar-refractivity contribution in [2.45, 2.75) is 11.4 Å². The van der Waals surface area contributed by atoms with E-state index < -0.39 is 21.9 Å². The molecule has 0 atom stereocenters. The Bertz CT molecular complexity index is 1430. The topological polar surface area (TPSA) is 117 Å². The van der Waals surface area contributed by atoms with E-state index in [0.717, 1.165) is 10.2 Å². The van der Waals surface area contributed by atoms with E-state index in [1.807, 2.05) is 4.57 Å². The molecule has 1 heterocycles. The van der Waals surface area contributed by atoms with Gasteiger partial charge in [0.25, 0.3) is 5.91 Å². The third-order valence-electron chi connectivity index (χ3n) is 5.44. The summed E-state index contributed by atoms with van der Waals surface area (Å²) in [7, 11) is 0.497. The highest BCUT2D eigenvalue weighted by atomic mass is 32.2. The molecule has 0 spiro atoms. The highest BCUT2D eigenvalue weighted by Crippen LogP contribution is 2.21. The number of thiazole rings is 1. The van der Waals surface area contributed by atoms with Crippen LogP contribution in [-0.4, -0.2) is 76.8 Å². The Kier molecular flexibility index (Phi) is 9.89. The summed E-state index contributed by atoms with van der Waals surface area (Å²) in [5.41, 5.74) is 1.41. The van der Waals surface area contributed by atoms with E-state index >= 15 is 0 Å². The van der Waals surface area contributed by atoms with Gasteiger partial charge < -0.3 is 18.8 Å². The number of nitrogens with zero attached hydrogens (tertiary/aromatic N) is 3. The molecule has 1 amide bonds. The van der Waals surface area contributed by atoms with Crippen molar-refractivity contribution in [1.82, 2.24) is 8.87 Å². The molecular formula is C25H29N3O7S2. The highest BCUT2D eigenvalue weighted by molar-refractivity contribution is 7.89. The van der Waals surface area contributed by atoms with Crippen LogP contribution in [0.5, 0.6) is 0 Å². The maximum Gasteiger partial charge on any atom is 0.337 e. The lowest BCUT2D eigenvalue weighted by atomic mass is 10.2. The SMILES string of the molecule is C=CCn1c(=NC(=O)c2ccc(S(=O)(=O)N(CCOC)CCOC)cc2)sc2cc(C(=O)OC)ccc21. The molecule has 0 radical (unpaired) electrons. The summed E-state index contributed by atoms with van der Waals surface area (Å²) in [5.74, 6) is -0.990. The molecule has 0 N–H and O–H groups in total. The summed E-state index contributed by atoms with van der Waals surface area (Å²) in [6.45, 7) is 4.99. The van der Waals surface area contributed by atoms with E-state index in [9.17, 15) is 18.0 Å². The van der Waals surface area contributed by atoms with Crippen LogP contribution < -0.4 is 4.80 Å². The smallest absolute Gasteiger partial charge is 0.337 e. The lowest BCUT2D eigenvalue weighted by Gasteiger charge is -2.21. The first-order valence-electron chi connectivity index (χ1n) is 11.3. The lowest BCUT2D eigenvalue weighted by Crippen LogP contribution is -2.36. The number of methoxy groups -OCH3 is 3. The van der Waals surface area contributed by atoms with Gasteiger partial charge in [-0.25, -0.2) is 13.2 Å². The van der Waals surface area contributed by atoms with E-state index in [-0.39, 0.29) is 36.8 Å². The van der Waals surface area contributed by atoms with Gasteiger partial charge in [0, 0.05) is 39.4 Å². The maximum atomic E-state index is 13.1. The van der Waals surface area contributed by atoms with Crippen LogP contribution >= 0.6 is 11.3 Å². The Hall–Kier alpha value is -3.16. The zero-order chi connectivity index (χ0) is 27.0. The second-order valence-corrected chi connectivity index (χ2v) is 10.7. The molecule has 0 aliphatic heterocycles. The Morgan fingerprint density at radius 3 is 2.22 bits per heavy atom. The van der Waals surface area contributed by atoms with Gasteiger partial charge in [-0.05, 0) is 42.5 Å². The predicted molar refractivity (Wildman–Crippen MR) is 140 cm³/mol. The number of ether oxygens (including phenoxy) is 3. The number of aromatic nitrogens is 1. The summed E-state index contributed by atoms with van der Waals surface area (Å²) >= 11 is 1.25. The van der Waals surface area contributed by atoms with Gasteiger partial charge in [0.2, 0.25) is 10.0 Å². The van der Waals surface area contributed by atoms with Crippen LogP contribution in [0.4, 0.5) is 0 Å². The molecule has 3 aromatic rings. The first kappa shape index (κ1) is 28.4. The van der Waals surface area contributed by atoms with Gasteiger partial charge in [-0.15, -0.1) is 6.58 Å². The van der Waals surface area contributed by atoms with Gasteiger partial charge in [0.05, 0.1) is 41.0 Å². The molecule has 10 nitrogen and oxygen atoms in total. The molecule has 0 saturated carbocycles. The van der Waals surface area contributed by atoms with Crippen molar-refractivity contribution in [1.29, 1.82) is 0 Å². The van der Waals surface area contributed by atoms with E-state index in [0.29, 0.717) is 16.9 Å². The number of esters is 1. The average molecular weight is 548 g/mol. The molecule has 198 valence electrons. The normalized spacial score (nSPS) is 12.3. The summed E-state index contributed by atoms with van der Waals surface area (Å²) in [5, 5.41) is 0. The largest absolute Gasteiger partial charge is 0.465 e. The molecule has 0 unspecified atom stereocenters. The van der Waals surface area contributed by atoms with Crippen LogP contribution in [-0.2, 0) is 30.8 Å². The van der Waals surface area contributed by atoms with Crippen molar-refractivity contribution in [2.75, 3.05) is 47.6 Å². The molecule has 0 aliphatic rings. The van der Waals surface area contributed by atoms with Crippen LogP contribution in [0.1, 0.15) is 20.7 Å². The Labute approximate surface area is 219 Å². The molecule has 12 heteroatoms. The van der Waals surface area contributed by atoms with Crippen molar-refractivity contribution < 1.29 is 32.2 Å². The standard InChI is InChI=1S/C25H29N3O7S2/c1-5-12-28-21-11-8-19(24(30)35-4)17-22(21)36-25(28)26-23(29)18-6-9-20(10-7-18)37(31,32)27(13-15-33-2)14-16-34-3/h5-11,17H,1,12-16H2,2-4H3. The highest BCUT2D eigenvalue weighted by Gasteiger charge is 2.24. The third kappa shape index (κ3) is 6.59. The number of benzene rings is 2. The number of fused-ring (bicyclic) bond motifs is 1. The predicted octanol–water partition coefficient (Wildman–Crippen LogP) is 2.70. The molecule has 0 bridgehead atoms. The molecule has 0 saturated heterocycles. The zero-order valence-electron chi connectivity index (χ0n) is 20.9. The number of rotatable bonds is 12. The van der Waals surface area contributed by atoms with Crippen LogP contribution in [0, 0.1) is 0 Å². The number of sulfonamides is 1. The van der Waals surface area contributed by atoms with Gasteiger partial charge >= 0.3 is 5.97 Å². The monoisotopic (exact) mass is 547 g/mol. The molecular weight excluding hydrogens is 518 g/mol. The van der Waals surface area contributed by atoms with Crippen molar-refractivity contribution >= 4 is 43.5 Å². The number of carbonyl (C=O) groups excluding carboxylic acids is 2. The average Bonchev–Trinajstić information content (AvgIpc) is 3.24. The van der Waals surface area contributed by atoms with Crippen molar-refractivity contribution in [3.63, 3.8) is 0 Å². The van der Waals surface area contributed by atoms with E-state index in [2.05, 4.69) is 11.6 Å². The number of allylic oxidation sites excluding steroid dienone is 1. The summed E-state index contributed by atoms with van der Waals surface area (Å²) in [4.78, 5) is 29.6. The van der Waals surface area contributed by atoms with E-state index in [1.165, 1.54) is 61.2 Å². The van der Waals surface area contributed by atoms with Gasteiger partial charge in [0.15, 0.2) is 4.80 Å². The second kappa shape index (κ2) is 12.9. The minimum absolute atomic E-state index is 0.0511. The minimum Gasteiger partial charge on any atom is -0.465 e. The van der Waals surface area contributed by atoms with E-state index in [1.54, 1.807) is 24.3 Å². The molecule has 0 aliphatic carbocycles. The fraction of sp³-hybridized carbons (Fsp3) is 0.320.